The van der Waals surface area contributed by atoms with E-state index in [-0.39, 0.29) is 18.4 Å². The van der Waals surface area contributed by atoms with Crippen molar-refractivity contribution in [1.29, 1.82) is 0 Å². The molecule has 0 heterocycles. The van der Waals surface area contributed by atoms with E-state index in [1.165, 1.54) is 7.05 Å². The van der Waals surface area contributed by atoms with Gasteiger partial charge in [-0.3, -0.25) is 4.79 Å². The van der Waals surface area contributed by atoms with Crippen LogP contribution in [0.15, 0.2) is 0 Å². The second kappa shape index (κ2) is 7.38. The van der Waals surface area contributed by atoms with E-state index < -0.39 is 22.2 Å². The van der Waals surface area contributed by atoms with Crippen LogP contribution in [0.25, 0.3) is 0 Å². The summed E-state index contributed by atoms with van der Waals surface area (Å²) >= 11 is 0. The summed E-state index contributed by atoms with van der Waals surface area (Å²) in [7, 11) is 0.406. The number of hydrogen-bond acceptors (Lipinski definition) is 4. The molecule has 4 atom stereocenters. The number of nitrogens with zero attached hydrogens (tertiary/aromatic N) is 1. The molecule has 0 bridgehead atoms. The fourth-order valence-electron chi connectivity index (χ4n) is 1.10. The molecule has 107 valence electrons. The molecule has 2 N–H and O–H groups in total. The molecular weight excluding hydrogens is 275 g/mol. The molecule has 0 aliphatic rings. The molecule has 18 heavy (non-hydrogen) atoms. The highest BCUT2D eigenvalue weighted by atomic mass is 32.2. The third kappa shape index (κ3) is 6.09. The lowest BCUT2D eigenvalue weighted by molar-refractivity contribution is -0.124. The van der Waals surface area contributed by atoms with E-state index in [1.807, 2.05) is 0 Å². The van der Waals surface area contributed by atoms with Crippen LogP contribution < -0.4 is 5.32 Å². The Morgan fingerprint density at radius 1 is 1.50 bits per heavy atom. The summed E-state index contributed by atoms with van der Waals surface area (Å²) in [5.74, 6) is -0.490. The zero-order chi connectivity index (χ0) is 14.5. The van der Waals surface area contributed by atoms with Gasteiger partial charge in [-0.15, -0.1) is 9.24 Å². The number of likely N-dealkylation sites (N-methyl/N-ethyl adjacent to an activating group) is 1. The van der Waals surface area contributed by atoms with Crippen molar-refractivity contribution in [1.82, 2.24) is 9.62 Å². The summed E-state index contributed by atoms with van der Waals surface area (Å²) in [5.41, 5.74) is 0. The Kier molecular flexibility index (Phi) is 7.29. The fourth-order valence-corrected chi connectivity index (χ4v) is 1.69. The van der Waals surface area contributed by atoms with Crippen molar-refractivity contribution in [3.63, 3.8) is 0 Å². The van der Waals surface area contributed by atoms with Crippen LogP contribution in [-0.2, 0) is 14.8 Å². The molecular formula is C10H22N2O4PS. The molecule has 3 unspecified atom stereocenters. The van der Waals surface area contributed by atoms with Gasteiger partial charge < -0.3 is 10.4 Å². The van der Waals surface area contributed by atoms with Crippen LogP contribution in [0.5, 0.6) is 0 Å². The second-order valence-electron chi connectivity index (χ2n) is 4.39. The highest BCUT2D eigenvalue weighted by Crippen LogP contribution is 2.07. The molecule has 0 fully saturated rings. The number of sulfonamides is 1. The number of amides is 1. The monoisotopic (exact) mass is 297 g/mol. The lowest BCUT2D eigenvalue weighted by Gasteiger charge is -2.25. The van der Waals surface area contributed by atoms with Gasteiger partial charge >= 0.3 is 0 Å². The second-order valence-corrected chi connectivity index (χ2v) is 6.86. The number of nitrogens with one attached hydrogen (secondary N) is 1. The molecule has 0 aromatic rings. The quantitative estimate of drug-likeness (QED) is 0.615. The van der Waals surface area contributed by atoms with Crippen molar-refractivity contribution in [2.45, 2.75) is 26.0 Å². The first-order valence-electron chi connectivity index (χ1n) is 5.54. The first-order valence-corrected chi connectivity index (χ1v) is 8.06. The highest BCUT2D eigenvalue weighted by molar-refractivity contribution is 7.88. The first-order chi connectivity index (χ1) is 8.09. The standard InChI is InChI=1S/C10H22N2O4PS/c1-7(6-17)10(14)11-8(2)9(13)5-12(3)18(4,15)16/h6-9,13H,5,17H2,1-4H3,(H,11,14)/t7?,8-,9?/m0/s1. The number of carbonyl (C=O) groups is 1. The molecule has 8 heteroatoms. The third-order valence-corrected chi connectivity index (χ3v) is 4.52. The van der Waals surface area contributed by atoms with Crippen LogP contribution >= 0.6 is 9.24 Å². The minimum absolute atomic E-state index is 0.0563. The SMILES string of the molecule is CC([CH]P)C(=O)N[C@@H](C)C(O)CN(C)S(C)(=O)=O. The topological polar surface area (TPSA) is 86.7 Å². The van der Waals surface area contributed by atoms with E-state index >= 15 is 0 Å². The fraction of sp³-hybridized carbons (Fsp3) is 0.800. The minimum atomic E-state index is -3.33. The van der Waals surface area contributed by atoms with Crippen LogP contribution in [0.1, 0.15) is 13.8 Å². The van der Waals surface area contributed by atoms with E-state index in [1.54, 1.807) is 20.0 Å². The molecule has 6 nitrogen and oxygen atoms in total. The van der Waals surface area contributed by atoms with Crippen LogP contribution in [0, 0.1) is 12.1 Å². The summed E-state index contributed by atoms with van der Waals surface area (Å²) in [6.07, 6.45) is 1.77. The van der Waals surface area contributed by atoms with Crippen LogP contribution in [0.3, 0.4) is 0 Å². The molecule has 0 aromatic heterocycles. The maximum Gasteiger partial charge on any atom is 0.223 e. The number of hydrogen-bond donors (Lipinski definition) is 2. The molecule has 0 rings (SSSR count). The predicted octanol–water partition coefficient (Wildman–Crippen LogP) is -0.584. The molecule has 0 aliphatic carbocycles. The van der Waals surface area contributed by atoms with E-state index in [0.717, 1.165) is 10.6 Å². The Morgan fingerprint density at radius 2 is 2.00 bits per heavy atom. The smallest absolute Gasteiger partial charge is 0.223 e. The Morgan fingerprint density at radius 3 is 2.39 bits per heavy atom. The van der Waals surface area contributed by atoms with Crippen LogP contribution in [0.4, 0.5) is 0 Å². The zero-order valence-electron chi connectivity index (χ0n) is 11.1. The van der Waals surface area contributed by atoms with Gasteiger partial charge in [0.15, 0.2) is 0 Å². The molecule has 0 aromatic carbocycles. The lowest BCUT2D eigenvalue weighted by atomic mass is 10.1. The minimum Gasteiger partial charge on any atom is -0.390 e. The molecule has 1 amide bonds. The summed E-state index contributed by atoms with van der Waals surface area (Å²) < 4.78 is 23.4. The number of carbonyl (C=O) groups excluding carboxylic acids is 1. The number of aliphatic hydroxyl groups is 1. The summed E-state index contributed by atoms with van der Waals surface area (Å²) in [5, 5.41) is 12.5. The van der Waals surface area contributed by atoms with Crippen molar-refractivity contribution in [2.24, 2.45) is 5.92 Å². The van der Waals surface area contributed by atoms with Gasteiger partial charge in [-0.1, -0.05) is 6.92 Å². The maximum absolute atomic E-state index is 11.6. The van der Waals surface area contributed by atoms with Crippen molar-refractivity contribution in [3.05, 3.63) is 6.16 Å². The van der Waals surface area contributed by atoms with E-state index in [0.29, 0.717) is 0 Å². The highest BCUT2D eigenvalue weighted by Gasteiger charge is 2.23. The van der Waals surface area contributed by atoms with Gasteiger partial charge in [-0.25, -0.2) is 12.7 Å². The number of rotatable bonds is 7. The average Bonchev–Trinajstić information content (AvgIpc) is 2.26. The van der Waals surface area contributed by atoms with E-state index in [2.05, 4.69) is 14.6 Å². The average molecular weight is 297 g/mol. The Hall–Kier alpha value is -0.230. The molecule has 0 saturated carbocycles. The van der Waals surface area contributed by atoms with Crippen molar-refractivity contribution in [3.8, 4) is 0 Å². The summed E-state index contributed by atoms with van der Waals surface area (Å²) in [4.78, 5) is 11.6. The van der Waals surface area contributed by atoms with E-state index in [4.69, 9.17) is 0 Å². The first kappa shape index (κ1) is 17.8. The van der Waals surface area contributed by atoms with Gasteiger partial charge in [0.25, 0.3) is 0 Å². The van der Waals surface area contributed by atoms with Crippen molar-refractivity contribution in [2.75, 3.05) is 19.8 Å². The third-order valence-electron chi connectivity index (χ3n) is 2.66. The number of aliphatic hydroxyl groups excluding tert-OH is 1. The van der Waals surface area contributed by atoms with Crippen molar-refractivity contribution < 1.29 is 18.3 Å². The normalized spacial score (nSPS) is 17.3. The van der Waals surface area contributed by atoms with Crippen LogP contribution in [-0.4, -0.2) is 55.7 Å². The van der Waals surface area contributed by atoms with Gasteiger partial charge in [0.05, 0.1) is 18.4 Å². The van der Waals surface area contributed by atoms with Gasteiger partial charge in [0.2, 0.25) is 15.9 Å². The molecule has 0 aliphatic heterocycles. The maximum atomic E-state index is 11.6. The lowest BCUT2D eigenvalue weighted by Crippen LogP contribution is -2.48. The predicted molar refractivity (Wildman–Crippen MR) is 74.3 cm³/mol. The molecule has 1 radical (unpaired) electrons. The summed E-state index contributed by atoms with van der Waals surface area (Å²) in [6, 6.07) is -0.519. The van der Waals surface area contributed by atoms with Gasteiger partial charge in [0, 0.05) is 19.5 Å². The Bertz CT molecular complexity index is 374. The van der Waals surface area contributed by atoms with Gasteiger partial charge in [-0.05, 0) is 13.1 Å². The molecule has 0 saturated heterocycles. The molecule has 0 spiro atoms. The van der Waals surface area contributed by atoms with Crippen LogP contribution in [0.2, 0.25) is 0 Å². The zero-order valence-corrected chi connectivity index (χ0v) is 13.1. The summed E-state index contributed by atoms with van der Waals surface area (Å²) in [6.45, 7) is 3.30. The van der Waals surface area contributed by atoms with E-state index in [9.17, 15) is 18.3 Å². The Balaban J connectivity index is 4.36. The van der Waals surface area contributed by atoms with Crippen molar-refractivity contribution >= 4 is 25.2 Å². The van der Waals surface area contributed by atoms with Gasteiger partial charge in [-0.2, -0.15) is 0 Å². The van der Waals surface area contributed by atoms with Gasteiger partial charge in [0.1, 0.15) is 0 Å². The largest absolute Gasteiger partial charge is 0.390 e. The Labute approximate surface area is 111 Å².